The van der Waals surface area contributed by atoms with Gasteiger partial charge in [-0.1, -0.05) is 11.6 Å². The van der Waals surface area contributed by atoms with E-state index in [4.69, 9.17) is 11.6 Å². The minimum atomic E-state index is -3.72. The average molecular weight is 367 g/mol. The Hall–Kier alpha value is -1.86. The van der Waals surface area contributed by atoms with Gasteiger partial charge in [-0.3, -0.25) is 4.72 Å². The summed E-state index contributed by atoms with van der Waals surface area (Å²) in [7, 11) is -3.72. The summed E-state index contributed by atoms with van der Waals surface area (Å²) < 4.78 is 27.3. The summed E-state index contributed by atoms with van der Waals surface area (Å²) in [5, 5.41) is 8.66. The average Bonchev–Trinajstić information content (AvgIpc) is 2.58. The molecule has 0 aliphatic carbocycles. The molecule has 3 rings (SSSR count). The van der Waals surface area contributed by atoms with Gasteiger partial charge in [0.15, 0.2) is 11.6 Å². The summed E-state index contributed by atoms with van der Waals surface area (Å²) in [5.41, 5.74) is 0.700. The van der Waals surface area contributed by atoms with Gasteiger partial charge < -0.3 is 4.90 Å². The molecule has 1 N–H and O–H groups in total. The lowest BCUT2D eigenvalue weighted by atomic mass is 10.1. The van der Waals surface area contributed by atoms with Gasteiger partial charge in [-0.25, -0.2) is 8.42 Å². The molecule has 1 aliphatic rings. The first-order chi connectivity index (χ1) is 11.5. The Kier molecular flexibility index (Phi) is 4.91. The Morgan fingerprint density at radius 2 is 1.83 bits per heavy atom. The maximum absolute atomic E-state index is 12.4. The highest BCUT2D eigenvalue weighted by Crippen LogP contribution is 2.22. The van der Waals surface area contributed by atoms with E-state index in [1.165, 1.54) is 18.6 Å². The van der Waals surface area contributed by atoms with Crippen molar-refractivity contribution in [2.75, 3.05) is 22.7 Å². The normalized spacial score (nSPS) is 15.3. The number of sulfonamides is 1. The molecule has 1 aliphatic heterocycles. The Morgan fingerprint density at radius 3 is 2.46 bits per heavy atom. The van der Waals surface area contributed by atoms with Crippen LogP contribution in [0.3, 0.4) is 0 Å². The van der Waals surface area contributed by atoms with Gasteiger partial charge in [0.2, 0.25) is 0 Å². The molecule has 2 aromatic rings. The zero-order chi connectivity index (χ0) is 17.2. The van der Waals surface area contributed by atoms with E-state index in [1.54, 1.807) is 25.1 Å². The molecule has 24 heavy (non-hydrogen) atoms. The van der Waals surface area contributed by atoms with Crippen molar-refractivity contribution in [2.45, 2.75) is 31.1 Å². The zero-order valence-corrected chi connectivity index (χ0v) is 14.9. The first-order valence-corrected chi connectivity index (χ1v) is 9.69. The number of aryl methyl sites for hydroxylation is 1. The fourth-order valence-corrected chi connectivity index (χ4v) is 3.85. The van der Waals surface area contributed by atoms with E-state index in [-0.39, 0.29) is 10.7 Å². The predicted molar refractivity (Wildman–Crippen MR) is 95.1 cm³/mol. The lowest BCUT2D eigenvalue weighted by molar-refractivity contribution is 0.571. The molecule has 0 radical (unpaired) electrons. The molecule has 1 saturated heterocycles. The molecule has 2 heterocycles. The molecule has 0 bridgehead atoms. The predicted octanol–water partition coefficient (Wildman–Crippen LogP) is 3.23. The van der Waals surface area contributed by atoms with Crippen LogP contribution in [-0.2, 0) is 10.0 Å². The van der Waals surface area contributed by atoms with E-state index >= 15 is 0 Å². The van der Waals surface area contributed by atoms with Crippen molar-refractivity contribution in [3.05, 3.63) is 40.9 Å². The second-order valence-electron chi connectivity index (χ2n) is 5.84. The zero-order valence-electron chi connectivity index (χ0n) is 13.4. The van der Waals surface area contributed by atoms with Gasteiger partial charge in [0.1, 0.15) is 0 Å². The van der Waals surface area contributed by atoms with Crippen molar-refractivity contribution in [3.8, 4) is 0 Å². The van der Waals surface area contributed by atoms with Crippen LogP contribution in [-0.4, -0.2) is 31.7 Å². The molecule has 128 valence electrons. The first kappa shape index (κ1) is 17.0. The van der Waals surface area contributed by atoms with E-state index in [0.717, 1.165) is 31.7 Å². The second kappa shape index (κ2) is 6.94. The highest BCUT2D eigenvalue weighted by molar-refractivity contribution is 7.92. The third-order valence-electron chi connectivity index (χ3n) is 4.01. The molecule has 1 aromatic heterocycles. The number of hydrogen-bond donors (Lipinski definition) is 1. The van der Waals surface area contributed by atoms with Crippen LogP contribution in [0.2, 0.25) is 5.02 Å². The molecule has 6 nitrogen and oxygen atoms in total. The van der Waals surface area contributed by atoms with Gasteiger partial charge in [-0.05, 0) is 62.1 Å². The number of piperidine rings is 1. The van der Waals surface area contributed by atoms with Crippen LogP contribution in [0.1, 0.15) is 24.8 Å². The number of benzene rings is 1. The Balaban J connectivity index is 1.76. The summed E-state index contributed by atoms with van der Waals surface area (Å²) in [6.45, 7) is 3.68. The smallest absolute Gasteiger partial charge is 0.263 e. The van der Waals surface area contributed by atoms with E-state index in [2.05, 4.69) is 19.8 Å². The number of halogens is 1. The number of nitrogens with one attached hydrogen (secondary N) is 1. The van der Waals surface area contributed by atoms with Gasteiger partial charge in [-0.2, -0.15) is 0 Å². The topological polar surface area (TPSA) is 75.2 Å². The van der Waals surface area contributed by atoms with Crippen molar-refractivity contribution in [1.82, 2.24) is 10.2 Å². The highest BCUT2D eigenvalue weighted by Gasteiger charge is 2.17. The largest absolute Gasteiger partial charge is 0.355 e. The fourth-order valence-electron chi connectivity index (χ4n) is 2.65. The van der Waals surface area contributed by atoms with Crippen LogP contribution in [0, 0.1) is 6.92 Å². The molecular weight excluding hydrogens is 348 g/mol. The molecule has 1 aromatic carbocycles. The van der Waals surface area contributed by atoms with Crippen molar-refractivity contribution in [3.63, 3.8) is 0 Å². The minimum absolute atomic E-state index is 0.145. The quantitative estimate of drug-likeness (QED) is 0.899. The van der Waals surface area contributed by atoms with Gasteiger partial charge in [0.05, 0.1) is 4.90 Å². The van der Waals surface area contributed by atoms with Crippen LogP contribution in [0.25, 0.3) is 0 Å². The summed E-state index contributed by atoms with van der Waals surface area (Å²) >= 11 is 5.94. The number of nitrogens with zero attached hydrogens (tertiary/aromatic N) is 3. The lowest BCUT2D eigenvalue weighted by Crippen LogP contribution is -2.30. The maximum atomic E-state index is 12.4. The van der Waals surface area contributed by atoms with Crippen LogP contribution in [0.4, 0.5) is 11.6 Å². The van der Waals surface area contributed by atoms with Gasteiger partial charge >= 0.3 is 0 Å². The monoisotopic (exact) mass is 366 g/mol. The van der Waals surface area contributed by atoms with Crippen molar-refractivity contribution in [2.24, 2.45) is 0 Å². The molecule has 0 spiro atoms. The maximum Gasteiger partial charge on any atom is 0.263 e. The number of hydrogen-bond acceptors (Lipinski definition) is 5. The number of aromatic nitrogens is 2. The van der Waals surface area contributed by atoms with Gasteiger partial charge in [0, 0.05) is 18.1 Å². The lowest BCUT2D eigenvalue weighted by Gasteiger charge is -2.27. The molecular formula is C16H19ClN4O2S. The molecule has 0 amide bonds. The van der Waals surface area contributed by atoms with Crippen molar-refractivity contribution >= 4 is 33.3 Å². The minimum Gasteiger partial charge on any atom is -0.355 e. The fraction of sp³-hybridized carbons (Fsp3) is 0.375. The van der Waals surface area contributed by atoms with Crippen molar-refractivity contribution in [1.29, 1.82) is 0 Å². The summed E-state index contributed by atoms with van der Waals surface area (Å²) in [6, 6.07) is 7.99. The van der Waals surface area contributed by atoms with Gasteiger partial charge in [-0.15, -0.1) is 10.2 Å². The van der Waals surface area contributed by atoms with Crippen LogP contribution >= 0.6 is 11.6 Å². The number of rotatable bonds is 4. The van der Waals surface area contributed by atoms with Crippen LogP contribution in [0.15, 0.2) is 35.2 Å². The number of anilines is 2. The van der Waals surface area contributed by atoms with Crippen LogP contribution in [0.5, 0.6) is 0 Å². The molecule has 0 atom stereocenters. The summed E-state index contributed by atoms with van der Waals surface area (Å²) in [5.74, 6) is 0.975. The summed E-state index contributed by atoms with van der Waals surface area (Å²) in [4.78, 5) is 2.31. The summed E-state index contributed by atoms with van der Waals surface area (Å²) in [6.07, 6.45) is 3.53. The molecule has 0 saturated carbocycles. The molecule has 0 unspecified atom stereocenters. The van der Waals surface area contributed by atoms with Crippen LogP contribution < -0.4 is 9.62 Å². The molecule has 1 fully saturated rings. The second-order valence-corrected chi connectivity index (χ2v) is 7.93. The third kappa shape index (κ3) is 3.79. The van der Waals surface area contributed by atoms with E-state index in [1.807, 2.05) is 0 Å². The van der Waals surface area contributed by atoms with E-state index in [9.17, 15) is 8.42 Å². The van der Waals surface area contributed by atoms with E-state index in [0.29, 0.717) is 10.6 Å². The van der Waals surface area contributed by atoms with Gasteiger partial charge in [0.25, 0.3) is 10.0 Å². The molecule has 8 heteroatoms. The first-order valence-electron chi connectivity index (χ1n) is 7.83. The standard InChI is InChI=1S/C16H19ClN4O2S/c1-12-11-13(5-6-14(12)17)24(22,23)20-15-7-8-16(19-18-15)21-9-3-2-4-10-21/h5-8,11H,2-4,9-10H2,1H3,(H,18,20). The third-order valence-corrected chi connectivity index (χ3v) is 5.79. The highest BCUT2D eigenvalue weighted by atomic mass is 35.5. The van der Waals surface area contributed by atoms with Crippen molar-refractivity contribution < 1.29 is 8.42 Å². The Labute approximate surface area is 146 Å². The Bertz CT molecular complexity index is 818. The van der Waals surface area contributed by atoms with E-state index < -0.39 is 10.0 Å². The SMILES string of the molecule is Cc1cc(S(=O)(=O)Nc2ccc(N3CCCCC3)nn2)ccc1Cl. The Morgan fingerprint density at radius 1 is 1.08 bits per heavy atom.